The number of nitrogens with zero attached hydrogens (tertiary/aromatic N) is 1. The zero-order valence-electron chi connectivity index (χ0n) is 16.8. The third-order valence-electron chi connectivity index (χ3n) is 4.67. The molecule has 3 rings (SSSR count). The number of nitrogens with one attached hydrogen (secondary N) is 1. The zero-order chi connectivity index (χ0) is 22.5. The summed E-state index contributed by atoms with van der Waals surface area (Å²) in [7, 11) is -6.37. The van der Waals surface area contributed by atoms with Crippen molar-refractivity contribution in [2.24, 2.45) is 5.41 Å². The first-order chi connectivity index (χ1) is 13.8. The molecular formula is C19H21ClN2O6S2. The predicted molar refractivity (Wildman–Crippen MR) is 115 cm³/mol. The highest BCUT2D eigenvalue weighted by Crippen LogP contribution is 2.37. The first-order valence-electron chi connectivity index (χ1n) is 8.83. The molecule has 0 saturated carbocycles. The maximum absolute atomic E-state index is 12.8. The molecule has 162 valence electrons. The minimum atomic E-state index is -3.99. The van der Waals surface area contributed by atoms with Crippen molar-refractivity contribution in [2.45, 2.75) is 25.7 Å². The maximum atomic E-state index is 12.8. The smallest absolute Gasteiger partial charge is 0.262 e. The largest absolute Gasteiger partial charge is 0.495 e. The van der Waals surface area contributed by atoms with Gasteiger partial charge in [0.2, 0.25) is 15.9 Å². The number of benzene rings is 2. The van der Waals surface area contributed by atoms with Crippen LogP contribution in [-0.2, 0) is 24.8 Å². The van der Waals surface area contributed by atoms with Crippen LogP contribution in [-0.4, -0.2) is 35.6 Å². The highest BCUT2D eigenvalue weighted by Gasteiger charge is 2.50. The van der Waals surface area contributed by atoms with E-state index in [1.54, 1.807) is 13.8 Å². The fourth-order valence-corrected chi connectivity index (χ4v) is 6.90. The lowest BCUT2D eigenvalue weighted by Gasteiger charge is -2.19. The van der Waals surface area contributed by atoms with Crippen molar-refractivity contribution in [1.29, 1.82) is 0 Å². The summed E-state index contributed by atoms with van der Waals surface area (Å²) in [6.07, 6.45) is 0. The highest BCUT2D eigenvalue weighted by molar-refractivity contribution is 7.94. The van der Waals surface area contributed by atoms with Gasteiger partial charge in [0.05, 0.1) is 39.6 Å². The van der Waals surface area contributed by atoms with Gasteiger partial charge >= 0.3 is 0 Å². The van der Waals surface area contributed by atoms with Crippen LogP contribution >= 0.6 is 11.6 Å². The number of rotatable bonds is 5. The van der Waals surface area contributed by atoms with Gasteiger partial charge in [-0.2, -0.15) is 0 Å². The van der Waals surface area contributed by atoms with E-state index in [9.17, 15) is 21.6 Å². The molecule has 1 N–H and O–H groups in total. The molecule has 1 saturated heterocycles. The number of halogens is 1. The van der Waals surface area contributed by atoms with E-state index in [-0.39, 0.29) is 32.6 Å². The molecule has 0 atom stereocenters. The Morgan fingerprint density at radius 1 is 1.17 bits per heavy atom. The van der Waals surface area contributed by atoms with Crippen LogP contribution in [0.3, 0.4) is 0 Å². The van der Waals surface area contributed by atoms with Gasteiger partial charge in [-0.25, -0.2) is 21.1 Å². The SMILES string of the molecule is COc1ccc(NS(=O)(=O)c2ccc(N3C(=O)C(C)(C)CS3(=O)=O)cc2C)cc1Cl. The lowest BCUT2D eigenvalue weighted by molar-refractivity contribution is -0.123. The molecule has 2 aromatic rings. The summed E-state index contributed by atoms with van der Waals surface area (Å²) in [5.74, 6) is -0.458. The predicted octanol–water partition coefficient (Wildman–Crippen LogP) is 3.16. The number of sulfonamides is 2. The molecule has 2 aromatic carbocycles. The van der Waals surface area contributed by atoms with E-state index in [4.69, 9.17) is 16.3 Å². The number of anilines is 2. The van der Waals surface area contributed by atoms with Crippen molar-refractivity contribution in [3.63, 3.8) is 0 Å². The summed E-state index contributed by atoms with van der Waals surface area (Å²) in [5.41, 5.74) is -0.419. The van der Waals surface area contributed by atoms with Gasteiger partial charge in [-0.1, -0.05) is 11.6 Å². The van der Waals surface area contributed by atoms with Crippen LogP contribution in [0.1, 0.15) is 19.4 Å². The van der Waals surface area contributed by atoms with E-state index in [0.717, 1.165) is 4.31 Å². The van der Waals surface area contributed by atoms with Crippen molar-refractivity contribution in [3.8, 4) is 5.75 Å². The Hall–Kier alpha value is -2.30. The molecule has 1 amide bonds. The Balaban J connectivity index is 1.95. The fraction of sp³-hybridized carbons (Fsp3) is 0.316. The number of carbonyl (C=O) groups excluding carboxylic acids is 1. The summed E-state index contributed by atoms with van der Waals surface area (Å²) in [6, 6.07) is 8.39. The van der Waals surface area contributed by atoms with Gasteiger partial charge in [-0.05, 0) is 62.7 Å². The third kappa shape index (κ3) is 3.99. The summed E-state index contributed by atoms with van der Waals surface area (Å²) in [6.45, 7) is 4.64. The van der Waals surface area contributed by atoms with E-state index in [2.05, 4.69) is 4.72 Å². The van der Waals surface area contributed by atoms with E-state index < -0.39 is 31.4 Å². The fourth-order valence-electron chi connectivity index (χ4n) is 3.26. The van der Waals surface area contributed by atoms with Gasteiger partial charge in [-0.15, -0.1) is 0 Å². The Kier molecular flexibility index (Phi) is 5.55. The molecule has 0 radical (unpaired) electrons. The van der Waals surface area contributed by atoms with Crippen LogP contribution in [0.4, 0.5) is 11.4 Å². The van der Waals surface area contributed by atoms with Crippen molar-refractivity contribution >= 4 is 48.9 Å². The molecule has 0 spiro atoms. The molecule has 0 aromatic heterocycles. The molecule has 0 unspecified atom stereocenters. The van der Waals surface area contributed by atoms with Gasteiger partial charge in [-0.3, -0.25) is 9.52 Å². The summed E-state index contributed by atoms with van der Waals surface area (Å²) in [5, 5.41) is 0.241. The van der Waals surface area contributed by atoms with Crippen LogP contribution in [0.25, 0.3) is 0 Å². The second-order valence-corrected chi connectivity index (χ2v) is 11.5. The van der Waals surface area contributed by atoms with Gasteiger partial charge in [0.1, 0.15) is 5.75 Å². The molecule has 1 fully saturated rings. The molecule has 30 heavy (non-hydrogen) atoms. The molecule has 0 aliphatic carbocycles. The van der Waals surface area contributed by atoms with Gasteiger partial charge in [0.15, 0.2) is 0 Å². The van der Waals surface area contributed by atoms with Crippen LogP contribution in [0.5, 0.6) is 5.75 Å². The van der Waals surface area contributed by atoms with Crippen LogP contribution in [0.2, 0.25) is 5.02 Å². The number of ether oxygens (including phenoxy) is 1. The summed E-state index contributed by atoms with van der Waals surface area (Å²) in [4.78, 5) is 12.5. The van der Waals surface area contributed by atoms with Crippen LogP contribution in [0.15, 0.2) is 41.3 Å². The number of aryl methyl sites for hydroxylation is 1. The lowest BCUT2D eigenvalue weighted by atomic mass is 9.95. The second kappa shape index (κ2) is 7.44. The van der Waals surface area contributed by atoms with Crippen LogP contribution < -0.4 is 13.8 Å². The van der Waals surface area contributed by atoms with Gasteiger partial charge in [0.25, 0.3) is 10.0 Å². The minimum absolute atomic E-state index is 0.0542. The molecular weight excluding hydrogens is 452 g/mol. The van der Waals surface area contributed by atoms with E-state index in [1.807, 2.05) is 0 Å². The maximum Gasteiger partial charge on any atom is 0.262 e. The Morgan fingerprint density at radius 2 is 1.83 bits per heavy atom. The third-order valence-corrected chi connectivity index (χ3v) is 8.53. The lowest BCUT2D eigenvalue weighted by Crippen LogP contribution is -2.33. The van der Waals surface area contributed by atoms with Gasteiger partial charge in [0, 0.05) is 0 Å². The number of carbonyl (C=O) groups is 1. The van der Waals surface area contributed by atoms with Crippen molar-refractivity contribution in [3.05, 3.63) is 47.0 Å². The van der Waals surface area contributed by atoms with Crippen molar-refractivity contribution in [1.82, 2.24) is 0 Å². The first kappa shape index (κ1) is 22.4. The standard InChI is InChI=1S/C19H21ClN2O6S2/c1-12-9-14(22-18(23)19(2,3)11-29(22,24)25)6-8-17(12)30(26,27)21-13-5-7-16(28-4)15(20)10-13/h5-10,21H,11H2,1-4H3. The number of hydrogen-bond donors (Lipinski definition) is 1. The average Bonchev–Trinajstić information content (AvgIpc) is 2.77. The number of hydrogen-bond acceptors (Lipinski definition) is 6. The second-order valence-electron chi connectivity index (χ2n) is 7.61. The normalized spacial score (nSPS) is 17.8. The zero-order valence-corrected chi connectivity index (χ0v) is 19.2. The van der Waals surface area contributed by atoms with Gasteiger partial charge < -0.3 is 4.74 Å². The molecule has 8 nitrogen and oxygen atoms in total. The molecule has 11 heteroatoms. The molecule has 1 aliphatic rings. The minimum Gasteiger partial charge on any atom is -0.495 e. The topological polar surface area (TPSA) is 110 Å². The Labute approximate surface area is 180 Å². The first-order valence-corrected chi connectivity index (χ1v) is 12.3. The molecule has 0 bridgehead atoms. The Bertz CT molecular complexity index is 1240. The van der Waals surface area contributed by atoms with E-state index in [1.165, 1.54) is 50.4 Å². The van der Waals surface area contributed by atoms with Crippen LogP contribution in [0, 0.1) is 12.3 Å². The van der Waals surface area contributed by atoms with Crippen molar-refractivity contribution in [2.75, 3.05) is 21.9 Å². The molecule has 1 heterocycles. The number of amides is 1. The van der Waals surface area contributed by atoms with Crippen molar-refractivity contribution < 1.29 is 26.4 Å². The highest BCUT2D eigenvalue weighted by atomic mass is 35.5. The molecule has 1 aliphatic heterocycles. The average molecular weight is 473 g/mol. The number of methoxy groups -OCH3 is 1. The quantitative estimate of drug-likeness (QED) is 0.715. The Morgan fingerprint density at radius 3 is 2.33 bits per heavy atom. The summed E-state index contributed by atoms with van der Waals surface area (Å²) < 4.78 is 58.8. The monoisotopic (exact) mass is 472 g/mol. The van der Waals surface area contributed by atoms with E-state index >= 15 is 0 Å². The summed E-state index contributed by atoms with van der Waals surface area (Å²) >= 11 is 6.04. The van der Waals surface area contributed by atoms with E-state index in [0.29, 0.717) is 5.75 Å².